The van der Waals surface area contributed by atoms with E-state index in [2.05, 4.69) is 46.4 Å². The zero-order chi connectivity index (χ0) is 18.9. The molecular formula is C22H29N3O2. The molecule has 0 aromatic heterocycles. The lowest BCUT2D eigenvalue weighted by Crippen LogP contribution is -2.44. The van der Waals surface area contributed by atoms with E-state index in [0.717, 1.165) is 26.1 Å². The predicted molar refractivity (Wildman–Crippen MR) is 109 cm³/mol. The maximum absolute atomic E-state index is 12.3. The number of ether oxygens (including phenoxy) is 1. The fourth-order valence-corrected chi connectivity index (χ4v) is 3.33. The highest BCUT2D eigenvalue weighted by Gasteiger charge is 2.23. The minimum Gasteiger partial charge on any atom is -0.375 e. The van der Waals surface area contributed by atoms with Gasteiger partial charge in [0, 0.05) is 38.9 Å². The Balaban J connectivity index is 1.35. The van der Waals surface area contributed by atoms with E-state index < -0.39 is 0 Å². The van der Waals surface area contributed by atoms with Crippen molar-refractivity contribution in [2.24, 2.45) is 0 Å². The summed E-state index contributed by atoms with van der Waals surface area (Å²) in [7, 11) is 2.08. The Morgan fingerprint density at radius 2 is 1.85 bits per heavy atom. The zero-order valence-corrected chi connectivity index (χ0v) is 16.0. The standard InChI is InChI=1S/C22H29N3O2/c1-24(20-11-6-3-7-12-20)14-8-13-23-22(26)18-25-15-16-27-21(17-25)19-9-4-2-5-10-19/h2-7,9-12,21H,8,13-18H2,1H3,(H,23,26). The van der Waals surface area contributed by atoms with Crippen LogP contribution in [0.3, 0.4) is 0 Å². The molecular weight excluding hydrogens is 338 g/mol. The maximum Gasteiger partial charge on any atom is 0.234 e. The van der Waals surface area contributed by atoms with E-state index in [9.17, 15) is 4.79 Å². The molecule has 27 heavy (non-hydrogen) atoms. The van der Waals surface area contributed by atoms with Crippen molar-refractivity contribution in [2.45, 2.75) is 12.5 Å². The van der Waals surface area contributed by atoms with Crippen LogP contribution in [0.5, 0.6) is 0 Å². The van der Waals surface area contributed by atoms with Crippen LogP contribution in [0.4, 0.5) is 5.69 Å². The topological polar surface area (TPSA) is 44.8 Å². The van der Waals surface area contributed by atoms with Gasteiger partial charge in [0.15, 0.2) is 0 Å². The van der Waals surface area contributed by atoms with Crippen LogP contribution >= 0.6 is 0 Å². The quantitative estimate of drug-likeness (QED) is 0.729. The van der Waals surface area contributed by atoms with Gasteiger partial charge in [-0.15, -0.1) is 0 Å². The van der Waals surface area contributed by atoms with Gasteiger partial charge in [0.1, 0.15) is 0 Å². The Kier molecular flexibility index (Phi) is 7.25. The van der Waals surface area contributed by atoms with Crippen LogP contribution in [-0.4, -0.2) is 57.2 Å². The lowest BCUT2D eigenvalue weighted by molar-refractivity contribution is -0.124. The molecule has 1 saturated heterocycles. The first-order valence-electron chi connectivity index (χ1n) is 9.64. The molecule has 0 spiro atoms. The SMILES string of the molecule is CN(CCCNC(=O)CN1CCOC(c2ccccc2)C1)c1ccccc1. The van der Waals surface area contributed by atoms with Crippen molar-refractivity contribution in [3.8, 4) is 0 Å². The smallest absolute Gasteiger partial charge is 0.234 e. The number of nitrogens with one attached hydrogen (secondary N) is 1. The summed E-state index contributed by atoms with van der Waals surface area (Å²) in [6.07, 6.45) is 0.972. The summed E-state index contributed by atoms with van der Waals surface area (Å²) in [5, 5.41) is 3.04. The largest absolute Gasteiger partial charge is 0.375 e. The average Bonchev–Trinajstić information content (AvgIpc) is 2.72. The number of nitrogens with zero attached hydrogens (tertiary/aromatic N) is 2. The molecule has 3 rings (SSSR count). The second kappa shape index (κ2) is 10.1. The van der Waals surface area contributed by atoms with Gasteiger partial charge in [-0.3, -0.25) is 9.69 Å². The molecule has 1 N–H and O–H groups in total. The molecule has 2 aromatic carbocycles. The number of hydrogen-bond acceptors (Lipinski definition) is 4. The first-order chi connectivity index (χ1) is 13.2. The van der Waals surface area contributed by atoms with E-state index in [-0.39, 0.29) is 12.0 Å². The highest BCUT2D eigenvalue weighted by Crippen LogP contribution is 2.21. The van der Waals surface area contributed by atoms with Crippen LogP contribution in [0.15, 0.2) is 60.7 Å². The number of carbonyl (C=O) groups excluding carboxylic acids is 1. The summed E-state index contributed by atoms with van der Waals surface area (Å²) in [4.78, 5) is 16.6. The van der Waals surface area contributed by atoms with Gasteiger partial charge in [-0.05, 0) is 24.1 Å². The molecule has 1 unspecified atom stereocenters. The molecule has 5 nitrogen and oxygen atoms in total. The van der Waals surface area contributed by atoms with Gasteiger partial charge >= 0.3 is 0 Å². The van der Waals surface area contributed by atoms with Gasteiger partial charge in [0.05, 0.1) is 19.3 Å². The van der Waals surface area contributed by atoms with Crippen molar-refractivity contribution in [1.29, 1.82) is 0 Å². The minimum absolute atomic E-state index is 0.0484. The van der Waals surface area contributed by atoms with Crippen LogP contribution < -0.4 is 10.2 Å². The van der Waals surface area contributed by atoms with Gasteiger partial charge < -0.3 is 15.0 Å². The van der Waals surface area contributed by atoms with Gasteiger partial charge in [0.25, 0.3) is 0 Å². The fraction of sp³-hybridized carbons (Fsp3) is 0.409. The number of benzene rings is 2. The van der Waals surface area contributed by atoms with Gasteiger partial charge in [-0.2, -0.15) is 0 Å². The number of rotatable bonds is 8. The molecule has 0 bridgehead atoms. The van der Waals surface area contributed by atoms with E-state index in [1.165, 1.54) is 11.3 Å². The highest BCUT2D eigenvalue weighted by molar-refractivity contribution is 5.78. The molecule has 1 aliphatic rings. The minimum atomic E-state index is 0.0484. The number of amides is 1. The lowest BCUT2D eigenvalue weighted by Gasteiger charge is -2.32. The Morgan fingerprint density at radius 1 is 1.15 bits per heavy atom. The van der Waals surface area contributed by atoms with Crippen LogP contribution in [0.2, 0.25) is 0 Å². The monoisotopic (exact) mass is 367 g/mol. The first kappa shape index (κ1) is 19.4. The number of anilines is 1. The third-order valence-corrected chi connectivity index (χ3v) is 4.88. The van der Waals surface area contributed by atoms with Crippen molar-refractivity contribution in [3.63, 3.8) is 0 Å². The summed E-state index contributed by atoms with van der Waals surface area (Å²) in [6, 6.07) is 20.5. The second-order valence-electron chi connectivity index (χ2n) is 6.97. The van der Waals surface area contributed by atoms with Crippen molar-refractivity contribution in [2.75, 3.05) is 51.3 Å². The van der Waals surface area contributed by atoms with Crippen molar-refractivity contribution >= 4 is 11.6 Å². The Hall–Kier alpha value is -2.37. The molecule has 1 aliphatic heterocycles. The van der Waals surface area contributed by atoms with Crippen LogP contribution in [-0.2, 0) is 9.53 Å². The predicted octanol–water partition coefficient (Wildman–Crippen LogP) is 2.70. The van der Waals surface area contributed by atoms with Gasteiger partial charge in [0.2, 0.25) is 5.91 Å². The third-order valence-electron chi connectivity index (χ3n) is 4.88. The Labute approximate surface area is 161 Å². The molecule has 1 amide bonds. The summed E-state index contributed by atoms with van der Waals surface area (Å²) in [6.45, 7) is 4.26. The first-order valence-corrected chi connectivity index (χ1v) is 9.64. The van der Waals surface area contributed by atoms with Crippen LogP contribution in [0, 0.1) is 0 Å². The summed E-state index contributed by atoms with van der Waals surface area (Å²) in [5.74, 6) is 0.0890. The molecule has 2 aromatic rings. The maximum atomic E-state index is 12.3. The molecule has 1 atom stereocenters. The number of hydrogen-bond donors (Lipinski definition) is 1. The van der Waals surface area contributed by atoms with E-state index >= 15 is 0 Å². The normalized spacial score (nSPS) is 17.4. The van der Waals surface area contributed by atoms with E-state index in [1.807, 2.05) is 36.4 Å². The number of morpholine rings is 1. The van der Waals surface area contributed by atoms with Crippen LogP contribution in [0.1, 0.15) is 18.1 Å². The second-order valence-corrected chi connectivity index (χ2v) is 6.97. The van der Waals surface area contributed by atoms with Crippen molar-refractivity contribution < 1.29 is 9.53 Å². The van der Waals surface area contributed by atoms with Crippen molar-refractivity contribution in [3.05, 3.63) is 66.2 Å². The fourth-order valence-electron chi connectivity index (χ4n) is 3.33. The molecule has 0 aliphatic carbocycles. The van der Waals surface area contributed by atoms with E-state index in [1.54, 1.807) is 0 Å². The molecule has 0 radical (unpaired) electrons. The third kappa shape index (κ3) is 6.08. The van der Waals surface area contributed by atoms with Crippen molar-refractivity contribution in [1.82, 2.24) is 10.2 Å². The summed E-state index contributed by atoms with van der Waals surface area (Å²) >= 11 is 0. The van der Waals surface area contributed by atoms with Crippen LogP contribution in [0.25, 0.3) is 0 Å². The number of para-hydroxylation sites is 1. The molecule has 1 heterocycles. The molecule has 144 valence electrons. The summed E-state index contributed by atoms with van der Waals surface area (Å²) < 4.78 is 5.86. The number of carbonyl (C=O) groups is 1. The van der Waals surface area contributed by atoms with Gasteiger partial charge in [-0.25, -0.2) is 0 Å². The van der Waals surface area contributed by atoms with Gasteiger partial charge in [-0.1, -0.05) is 48.5 Å². The zero-order valence-electron chi connectivity index (χ0n) is 16.0. The summed E-state index contributed by atoms with van der Waals surface area (Å²) in [5.41, 5.74) is 2.37. The van der Waals surface area contributed by atoms with E-state index in [0.29, 0.717) is 19.7 Å². The molecule has 1 fully saturated rings. The molecule has 0 saturated carbocycles. The lowest BCUT2D eigenvalue weighted by atomic mass is 10.1. The Morgan fingerprint density at radius 3 is 2.59 bits per heavy atom. The average molecular weight is 367 g/mol. The van der Waals surface area contributed by atoms with E-state index in [4.69, 9.17) is 4.74 Å². The molecule has 5 heteroatoms. The Bertz CT molecular complexity index is 693. The highest BCUT2D eigenvalue weighted by atomic mass is 16.5.